The van der Waals surface area contributed by atoms with Crippen LogP contribution in [0.5, 0.6) is 0 Å². The fraction of sp³-hybridized carbons (Fsp3) is 0.286. The lowest BCUT2D eigenvalue weighted by Gasteiger charge is -2.35. The Kier molecular flexibility index (Phi) is 7.08. The normalized spacial score (nSPS) is 16.8. The van der Waals surface area contributed by atoms with E-state index in [1.165, 1.54) is 30.7 Å². The number of carbonyl (C=O) groups is 2. The van der Waals surface area contributed by atoms with Gasteiger partial charge in [-0.3, -0.25) is 4.79 Å². The molecule has 0 saturated carbocycles. The fourth-order valence-electron chi connectivity index (χ4n) is 4.58. The van der Waals surface area contributed by atoms with Crippen LogP contribution in [0.2, 0.25) is 0 Å². The number of aromatic carboxylic acids is 1. The molecule has 1 fully saturated rings. The van der Waals surface area contributed by atoms with Gasteiger partial charge in [0.05, 0.1) is 18.0 Å². The third-order valence-electron chi connectivity index (χ3n) is 6.25. The predicted octanol–water partition coefficient (Wildman–Crippen LogP) is 5.07. The summed E-state index contributed by atoms with van der Waals surface area (Å²) in [7, 11) is 0. The van der Waals surface area contributed by atoms with Gasteiger partial charge >= 0.3 is 5.97 Å². The number of rotatable bonds is 7. The maximum Gasteiger partial charge on any atom is 0.335 e. The molecule has 2 N–H and O–H groups in total. The molecule has 1 aliphatic rings. The van der Waals surface area contributed by atoms with Crippen molar-refractivity contribution in [2.24, 2.45) is 5.92 Å². The Balaban J connectivity index is 1.60. The van der Waals surface area contributed by atoms with Crippen molar-refractivity contribution in [3.05, 3.63) is 101 Å². The Hall–Kier alpha value is -3.60. The molecule has 3 aromatic rings. The first kappa shape index (κ1) is 22.6. The minimum atomic E-state index is -0.973. The molecule has 4 rings (SSSR count). The van der Waals surface area contributed by atoms with Crippen LogP contribution in [0.1, 0.15) is 52.9 Å². The second kappa shape index (κ2) is 10.3. The standard InChI is InChI=1S/C28H30N2O3/c1-20-8-7-17-30(19-20)25-12-6-5-11-24(25)27(22-9-3-2-4-10-22)29-26(31)18-21-13-15-23(16-14-21)28(32)33/h2-6,9-16,20,27H,7-8,17-19H2,1H3,(H,29,31)(H,32,33). The third kappa shape index (κ3) is 5.61. The van der Waals surface area contributed by atoms with Crippen molar-refractivity contribution in [3.63, 3.8) is 0 Å². The van der Waals surface area contributed by atoms with Gasteiger partial charge in [-0.05, 0) is 48.1 Å². The number of anilines is 1. The quantitative estimate of drug-likeness (QED) is 0.536. The van der Waals surface area contributed by atoms with E-state index in [1.807, 2.05) is 36.4 Å². The van der Waals surface area contributed by atoms with Gasteiger partial charge in [-0.15, -0.1) is 0 Å². The molecule has 1 amide bonds. The van der Waals surface area contributed by atoms with E-state index in [-0.39, 0.29) is 23.9 Å². The topological polar surface area (TPSA) is 69.6 Å². The first-order valence-corrected chi connectivity index (χ1v) is 11.5. The average Bonchev–Trinajstić information content (AvgIpc) is 2.83. The lowest BCUT2D eigenvalue weighted by Crippen LogP contribution is -2.37. The molecule has 0 spiro atoms. The highest BCUT2D eigenvalue weighted by molar-refractivity contribution is 5.88. The fourth-order valence-corrected chi connectivity index (χ4v) is 4.58. The van der Waals surface area contributed by atoms with E-state index in [0.717, 1.165) is 29.8 Å². The number of benzene rings is 3. The van der Waals surface area contributed by atoms with E-state index in [4.69, 9.17) is 5.11 Å². The van der Waals surface area contributed by atoms with Crippen LogP contribution in [0.3, 0.4) is 0 Å². The van der Waals surface area contributed by atoms with Gasteiger partial charge in [0.15, 0.2) is 0 Å². The number of hydrogen-bond donors (Lipinski definition) is 2. The Morgan fingerprint density at radius 1 is 1.00 bits per heavy atom. The van der Waals surface area contributed by atoms with Crippen molar-refractivity contribution in [2.45, 2.75) is 32.2 Å². The SMILES string of the molecule is CC1CCCN(c2ccccc2C(NC(=O)Cc2ccc(C(=O)O)cc2)c2ccccc2)C1. The summed E-state index contributed by atoms with van der Waals surface area (Å²) in [6.45, 7) is 4.33. The predicted molar refractivity (Wildman–Crippen MR) is 131 cm³/mol. The van der Waals surface area contributed by atoms with Gasteiger partial charge in [-0.25, -0.2) is 4.79 Å². The summed E-state index contributed by atoms with van der Waals surface area (Å²) in [4.78, 5) is 26.6. The smallest absolute Gasteiger partial charge is 0.335 e. The molecular formula is C28H30N2O3. The van der Waals surface area contributed by atoms with Crippen molar-refractivity contribution >= 4 is 17.6 Å². The molecule has 0 aliphatic carbocycles. The number of amides is 1. The molecule has 0 aromatic heterocycles. The van der Waals surface area contributed by atoms with Crippen molar-refractivity contribution in [2.75, 3.05) is 18.0 Å². The second-order valence-electron chi connectivity index (χ2n) is 8.84. The van der Waals surface area contributed by atoms with Gasteiger partial charge in [-0.2, -0.15) is 0 Å². The molecule has 2 unspecified atom stereocenters. The van der Waals surface area contributed by atoms with Crippen molar-refractivity contribution in [1.82, 2.24) is 5.32 Å². The van der Waals surface area contributed by atoms with Crippen LogP contribution in [-0.4, -0.2) is 30.1 Å². The minimum absolute atomic E-state index is 0.103. The van der Waals surface area contributed by atoms with E-state index in [1.54, 1.807) is 12.1 Å². The molecule has 2 atom stereocenters. The van der Waals surface area contributed by atoms with E-state index in [9.17, 15) is 9.59 Å². The Bertz CT molecular complexity index is 1100. The van der Waals surface area contributed by atoms with Crippen molar-refractivity contribution in [3.8, 4) is 0 Å². The second-order valence-corrected chi connectivity index (χ2v) is 8.84. The van der Waals surface area contributed by atoms with E-state index >= 15 is 0 Å². The third-order valence-corrected chi connectivity index (χ3v) is 6.25. The lowest BCUT2D eigenvalue weighted by atomic mass is 9.94. The molecular weight excluding hydrogens is 412 g/mol. The van der Waals surface area contributed by atoms with Gasteiger partial charge < -0.3 is 15.3 Å². The summed E-state index contributed by atoms with van der Waals surface area (Å²) >= 11 is 0. The highest BCUT2D eigenvalue weighted by Gasteiger charge is 2.24. The van der Waals surface area contributed by atoms with Crippen LogP contribution in [0.4, 0.5) is 5.69 Å². The largest absolute Gasteiger partial charge is 0.478 e. The van der Waals surface area contributed by atoms with Crippen molar-refractivity contribution in [1.29, 1.82) is 0 Å². The Morgan fingerprint density at radius 3 is 2.39 bits per heavy atom. The maximum absolute atomic E-state index is 13.1. The zero-order valence-corrected chi connectivity index (χ0v) is 18.9. The Morgan fingerprint density at radius 2 is 1.70 bits per heavy atom. The molecule has 170 valence electrons. The van der Waals surface area contributed by atoms with Gasteiger partial charge in [0, 0.05) is 24.3 Å². The number of carboxylic acid groups (broad SMARTS) is 1. The van der Waals surface area contributed by atoms with Gasteiger partial charge in [0.1, 0.15) is 0 Å². The summed E-state index contributed by atoms with van der Waals surface area (Å²) in [6.07, 6.45) is 2.61. The Labute approximate surface area is 195 Å². The van der Waals surface area contributed by atoms with Gasteiger partial charge in [0.2, 0.25) is 5.91 Å². The summed E-state index contributed by atoms with van der Waals surface area (Å²) in [5.41, 5.74) is 4.29. The number of para-hydroxylation sites is 1. The van der Waals surface area contributed by atoms with Crippen LogP contribution in [-0.2, 0) is 11.2 Å². The van der Waals surface area contributed by atoms with Gasteiger partial charge in [0.25, 0.3) is 0 Å². The summed E-state index contributed by atoms with van der Waals surface area (Å²) in [5.74, 6) is -0.433. The molecule has 1 aliphatic heterocycles. The number of piperidine rings is 1. The number of carbonyl (C=O) groups excluding carboxylic acids is 1. The minimum Gasteiger partial charge on any atom is -0.478 e. The monoisotopic (exact) mass is 442 g/mol. The molecule has 0 radical (unpaired) electrons. The molecule has 1 heterocycles. The highest BCUT2D eigenvalue weighted by Crippen LogP contribution is 2.33. The van der Waals surface area contributed by atoms with Crippen LogP contribution >= 0.6 is 0 Å². The molecule has 1 saturated heterocycles. The molecule has 0 bridgehead atoms. The molecule has 33 heavy (non-hydrogen) atoms. The van der Waals surface area contributed by atoms with Crippen LogP contribution in [0.15, 0.2) is 78.9 Å². The number of nitrogens with one attached hydrogen (secondary N) is 1. The van der Waals surface area contributed by atoms with Gasteiger partial charge in [-0.1, -0.05) is 67.6 Å². The molecule has 5 nitrogen and oxygen atoms in total. The van der Waals surface area contributed by atoms with E-state index in [2.05, 4.69) is 35.3 Å². The first-order valence-electron chi connectivity index (χ1n) is 11.5. The van der Waals surface area contributed by atoms with E-state index in [0.29, 0.717) is 5.92 Å². The zero-order valence-electron chi connectivity index (χ0n) is 18.9. The van der Waals surface area contributed by atoms with E-state index < -0.39 is 5.97 Å². The molecule has 5 heteroatoms. The molecule has 3 aromatic carbocycles. The van der Waals surface area contributed by atoms with Crippen molar-refractivity contribution < 1.29 is 14.7 Å². The summed E-state index contributed by atoms with van der Waals surface area (Å²) < 4.78 is 0. The summed E-state index contributed by atoms with van der Waals surface area (Å²) in [5, 5.41) is 12.3. The maximum atomic E-state index is 13.1. The number of hydrogen-bond acceptors (Lipinski definition) is 3. The van der Waals surface area contributed by atoms with Crippen LogP contribution in [0.25, 0.3) is 0 Å². The number of carboxylic acids is 1. The first-order chi connectivity index (χ1) is 16.0. The lowest BCUT2D eigenvalue weighted by molar-refractivity contribution is -0.120. The average molecular weight is 443 g/mol. The van der Waals surface area contributed by atoms with Crippen LogP contribution in [0, 0.1) is 5.92 Å². The zero-order chi connectivity index (χ0) is 23.2. The van der Waals surface area contributed by atoms with Crippen LogP contribution < -0.4 is 10.2 Å². The summed E-state index contributed by atoms with van der Waals surface area (Å²) in [6, 6.07) is 24.6. The highest BCUT2D eigenvalue weighted by atomic mass is 16.4. The number of nitrogens with zero attached hydrogens (tertiary/aromatic N) is 1.